The van der Waals surface area contributed by atoms with Crippen molar-refractivity contribution in [2.45, 2.75) is 63.8 Å². The first-order valence-electron chi connectivity index (χ1n) is 10.1. The molecular formula is C20H30N4OS. The molecule has 0 radical (unpaired) electrons. The summed E-state index contributed by atoms with van der Waals surface area (Å²) >= 11 is 1.55. The monoisotopic (exact) mass is 374 g/mol. The third-order valence-electron chi connectivity index (χ3n) is 6.31. The summed E-state index contributed by atoms with van der Waals surface area (Å²) < 4.78 is 1.88. The maximum absolute atomic E-state index is 12.9. The minimum absolute atomic E-state index is 0.0764. The summed E-state index contributed by atoms with van der Waals surface area (Å²) in [5, 5.41) is 8.83. The number of thiophene rings is 1. The Hall–Kier alpha value is -1.40. The van der Waals surface area contributed by atoms with E-state index in [0.717, 1.165) is 27.3 Å². The molecule has 2 aromatic heterocycles. The summed E-state index contributed by atoms with van der Waals surface area (Å²) in [6.07, 6.45) is 10.3. The van der Waals surface area contributed by atoms with Gasteiger partial charge < -0.3 is 5.32 Å². The fourth-order valence-electron chi connectivity index (χ4n) is 4.83. The number of rotatable bonds is 4. The zero-order valence-corrected chi connectivity index (χ0v) is 16.8. The van der Waals surface area contributed by atoms with Crippen LogP contribution in [0.25, 0.3) is 10.2 Å². The number of fused-ring (bicyclic) bond motifs is 1. The van der Waals surface area contributed by atoms with Crippen LogP contribution in [-0.4, -0.2) is 45.8 Å². The van der Waals surface area contributed by atoms with Gasteiger partial charge in [0.25, 0.3) is 5.91 Å². The van der Waals surface area contributed by atoms with Crippen molar-refractivity contribution in [1.82, 2.24) is 20.0 Å². The normalized spacial score (nSPS) is 21.2. The summed E-state index contributed by atoms with van der Waals surface area (Å²) in [5.74, 6) is 0.0764. The summed E-state index contributed by atoms with van der Waals surface area (Å²) in [6.45, 7) is 5.19. The molecule has 2 aliphatic rings. The molecule has 142 valence electrons. The number of hydrogen-bond acceptors (Lipinski definition) is 4. The van der Waals surface area contributed by atoms with Crippen LogP contribution in [0.5, 0.6) is 0 Å². The van der Waals surface area contributed by atoms with Crippen LogP contribution >= 0.6 is 11.3 Å². The van der Waals surface area contributed by atoms with Crippen LogP contribution in [0.4, 0.5) is 0 Å². The van der Waals surface area contributed by atoms with Crippen LogP contribution in [0.2, 0.25) is 0 Å². The van der Waals surface area contributed by atoms with Crippen molar-refractivity contribution in [2.24, 2.45) is 7.05 Å². The number of likely N-dealkylation sites (tertiary alicyclic amines) is 1. The lowest BCUT2D eigenvalue weighted by molar-refractivity contribution is 0.0327. The fourth-order valence-corrected chi connectivity index (χ4v) is 5.87. The summed E-state index contributed by atoms with van der Waals surface area (Å²) in [6, 6.07) is 2.01. The smallest absolute Gasteiger partial charge is 0.261 e. The molecule has 4 rings (SSSR count). The second-order valence-electron chi connectivity index (χ2n) is 8.05. The molecule has 3 heterocycles. The van der Waals surface area contributed by atoms with Gasteiger partial charge in [0.05, 0.1) is 10.6 Å². The topological polar surface area (TPSA) is 50.2 Å². The van der Waals surface area contributed by atoms with Crippen LogP contribution in [-0.2, 0) is 7.05 Å². The molecular weight excluding hydrogens is 344 g/mol. The zero-order valence-electron chi connectivity index (χ0n) is 16.0. The predicted molar refractivity (Wildman–Crippen MR) is 107 cm³/mol. The molecule has 26 heavy (non-hydrogen) atoms. The number of hydrogen-bond donors (Lipinski definition) is 1. The van der Waals surface area contributed by atoms with Crippen molar-refractivity contribution < 1.29 is 4.79 Å². The molecule has 0 aromatic carbocycles. The predicted octanol–water partition coefficient (Wildman–Crippen LogP) is 3.86. The van der Waals surface area contributed by atoms with E-state index in [1.807, 2.05) is 24.7 Å². The number of nitrogens with zero attached hydrogens (tertiary/aromatic N) is 3. The fraction of sp³-hybridized carbons (Fsp3) is 0.700. The van der Waals surface area contributed by atoms with Crippen molar-refractivity contribution in [1.29, 1.82) is 0 Å². The largest absolute Gasteiger partial charge is 0.349 e. The molecule has 0 bridgehead atoms. The van der Waals surface area contributed by atoms with Crippen LogP contribution in [0.1, 0.15) is 66.7 Å². The Morgan fingerprint density at radius 2 is 1.88 bits per heavy atom. The van der Waals surface area contributed by atoms with Crippen molar-refractivity contribution >= 4 is 27.5 Å². The van der Waals surface area contributed by atoms with Crippen LogP contribution in [0.15, 0.2) is 6.07 Å². The van der Waals surface area contributed by atoms with Crippen LogP contribution in [0.3, 0.4) is 0 Å². The molecule has 0 spiro atoms. The van der Waals surface area contributed by atoms with Gasteiger partial charge in [0.2, 0.25) is 0 Å². The van der Waals surface area contributed by atoms with Gasteiger partial charge in [-0.3, -0.25) is 14.4 Å². The summed E-state index contributed by atoms with van der Waals surface area (Å²) in [7, 11) is 1.95. The Balaban J connectivity index is 1.49. The van der Waals surface area contributed by atoms with Crippen molar-refractivity contribution in [3.8, 4) is 0 Å². The van der Waals surface area contributed by atoms with Crippen molar-refractivity contribution in [3.05, 3.63) is 16.6 Å². The highest BCUT2D eigenvalue weighted by Crippen LogP contribution is 2.35. The van der Waals surface area contributed by atoms with Gasteiger partial charge in [0.15, 0.2) is 0 Å². The lowest BCUT2D eigenvalue weighted by atomic mass is 9.79. The molecule has 0 atom stereocenters. The summed E-state index contributed by atoms with van der Waals surface area (Å²) in [4.78, 5) is 17.4. The molecule has 1 saturated heterocycles. The molecule has 1 aliphatic heterocycles. The summed E-state index contributed by atoms with van der Waals surface area (Å²) in [5.41, 5.74) is 1.18. The van der Waals surface area contributed by atoms with E-state index < -0.39 is 0 Å². The molecule has 2 aromatic rings. The number of carbonyl (C=O) groups is 1. The maximum Gasteiger partial charge on any atom is 0.261 e. The molecule has 2 fully saturated rings. The second kappa shape index (κ2) is 7.31. The minimum atomic E-state index is 0.0764. The Morgan fingerprint density at radius 3 is 2.58 bits per heavy atom. The van der Waals surface area contributed by atoms with Crippen LogP contribution < -0.4 is 5.32 Å². The average molecular weight is 375 g/mol. The number of nitrogens with one attached hydrogen (secondary N) is 1. The van der Waals surface area contributed by atoms with Gasteiger partial charge in [0, 0.05) is 24.5 Å². The highest BCUT2D eigenvalue weighted by molar-refractivity contribution is 7.20. The Morgan fingerprint density at radius 1 is 1.19 bits per heavy atom. The van der Waals surface area contributed by atoms with Gasteiger partial charge in [0.1, 0.15) is 4.83 Å². The highest BCUT2D eigenvalue weighted by Gasteiger charge is 2.38. The molecule has 1 aliphatic carbocycles. The molecule has 6 heteroatoms. The third-order valence-corrected chi connectivity index (χ3v) is 7.51. The lowest BCUT2D eigenvalue weighted by Crippen LogP contribution is -2.58. The highest BCUT2D eigenvalue weighted by atomic mass is 32.1. The van der Waals surface area contributed by atoms with Crippen molar-refractivity contribution in [3.63, 3.8) is 0 Å². The Kier molecular flexibility index (Phi) is 5.06. The lowest BCUT2D eigenvalue weighted by Gasteiger charge is -2.48. The molecule has 1 saturated carbocycles. The third kappa shape index (κ3) is 3.29. The number of aromatic nitrogens is 2. The molecule has 5 nitrogen and oxygen atoms in total. The number of aryl methyl sites for hydroxylation is 2. The molecule has 1 amide bonds. The number of carbonyl (C=O) groups excluding carboxylic acids is 1. The standard InChI is InChI=1S/C20H30N4OS/c1-15-16-13-17(26-19(16)23(2)22-15)18(25)21-14-20(9-5-3-6-10-20)24-11-7-4-8-12-24/h13H,3-12,14H2,1-2H3,(H,21,25). The zero-order chi connectivity index (χ0) is 18.1. The van der Waals surface area contributed by atoms with Crippen molar-refractivity contribution in [2.75, 3.05) is 19.6 Å². The van der Waals surface area contributed by atoms with Gasteiger partial charge in [-0.25, -0.2) is 0 Å². The first-order valence-corrected chi connectivity index (χ1v) is 10.9. The maximum atomic E-state index is 12.9. The van der Waals surface area contributed by atoms with E-state index >= 15 is 0 Å². The van der Waals surface area contributed by atoms with E-state index in [4.69, 9.17) is 0 Å². The number of piperidine rings is 1. The average Bonchev–Trinajstić information content (AvgIpc) is 3.23. The van der Waals surface area contributed by atoms with Gasteiger partial charge in [-0.1, -0.05) is 25.7 Å². The van der Waals surface area contributed by atoms with Crippen LogP contribution in [0, 0.1) is 6.92 Å². The van der Waals surface area contributed by atoms with E-state index in [2.05, 4.69) is 15.3 Å². The Labute approximate surface area is 159 Å². The van der Waals surface area contributed by atoms with E-state index in [1.165, 1.54) is 64.5 Å². The van der Waals surface area contributed by atoms with Gasteiger partial charge in [-0.2, -0.15) is 5.10 Å². The number of amides is 1. The van der Waals surface area contributed by atoms with Gasteiger partial charge in [-0.05, 0) is 51.8 Å². The Bertz CT molecular complexity index is 747. The van der Waals surface area contributed by atoms with E-state index in [1.54, 1.807) is 11.3 Å². The molecule has 0 unspecified atom stereocenters. The second-order valence-corrected chi connectivity index (χ2v) is 9.08. The van der Waals surface area contributed by atoms with E-state index in [0.29, 0.717) is 0 Å². The SMILES string of the molecule is Cc1nn(C)c2sc(C(=O)NCC3(N4CCCCC4)CCCCC3)cc12. The van der Waals surface area contributed by atoms with E-state index in [9.17, 15) is 4.79 Å². The first-order chi connectivity index (χ1) is 12.6. The van der Waals surface area contributed by atoms with Gasteiger partial charge in [-0.15, -0.1) is 11.3 Å². The first kappa shape index (κ1) is 18.0. The quantitative estimate of drug-likeness (QED) is 0.884. The molecule has 1 N–H and O–H groups in total. The van der Waals surface area contributed by atoms with E-state index in [-0.39, 0.29) is 11.4 Å². The van der Waals surface area contributed by atoms with Gasteiger partial charge >= 0.3 is 0 Å². The minimum Gasteiger partial charge on any atom is -0.349 e.